The highest BCUT2D eigenvalue weighted by Crippen LogP contribution is 2.39. The van der Waals surface area contributed by atoms with Crippen molar-refractivity contribution < 1.29 is 0 Å². The molecule has 0 saturated heterocycles. The highest BCUT2D eigenvalue weighted by molar-refractivity contribution is 6.11. The molecule has 7 aromatic carbocycles. The summed E-state index contributed by atoms with van der Waals surface area (Å²) in [6.45, 7) is 0. The van der Waals surface area contributed by atoms with Gasteiger partial charge in [0.1, 0.15) is 0 Å². The molecular weight excluding hydrogens is 611 g/mol. The third kappa shape index (κ3) is 4.45. The second-order valence-corrected chi connectivity index (χ2v) is 12.4. The van der Waals surface area contributed by atoms with Crippen LogP contribution in [0.3, 0.4) is 0 Å². The lowest BCUT2D eigenvalue weighted by molar-refractivity contribution is 1.18. The molecule has 9 aromatic rings. The fourth-order valence-electron chi connectivity index (χ4n) is 7.40. The van der Waals surface area contributed by atoms with Gasteiger partial charge in [0, 0.05) is 32.8 Å². The van der Waals surface area contributed by atoms with E-state index in [-0.39, 0.29) is 0 Å². The molecule has 0 aliphatic heterocycles. The van der Waals surface area contributed by atoms with Crippen LogP contribution in [-0.2, 0) is 0 Å². The second-order valence-electron chi connectivity index (χ2n) is 12.4. The van der Waals surface area contributed by atoms with Gasteiger partial charge in [0.15, 0.2) is 0 Å². The van der Waals surface area contributed by atoms with Gasteiger partial charge < -0.3 is 9.13 Å². The van der Waals surface area contributed by atoms with Gasteiger partial charge in [-0.25, -0.2) is 0 Å². The first-order chi connectivity index (χ1) is 24.6. The van der Waals surface area contributed by atoms with E-state index in [1.807, 2.05) is 91.0 Å². The van der Waals surface area contributed by atoms with Gasteiger partial charge in [0.05, 0.1) is 62.7 Å². The van der Waals surface area contributed by atoms with Crippen LogP contribution in [0.4, 0.5) is 0 Å². The van der Waals surface area contributed by atoms with Crippen molar-refractivity contribution in [2.75, 3.05) is 0 Å². The van der Waals surface area contributed by atoms with E-state index < -0.39 is 0 Å². The summed E-state index contributed by atoms with van der Waals surface area (Å²) in [4.78, 5) is 0. The lowest BCUT2D eigenvalue weighted by atomic mass is 9.94. The zero-order valence-corrected chi connectivity index (χ0v) is 26.7. The Bertz CT molecular complexity index is 2920. The SMILES string of the molecule is N#Cc1cc(-c2cc(C#N)cc(-n3c4ccccc4c4ccccc43)c2)cc(-c2ccccc2-n2c3ccccc3c3cc(C#N)ccc32)c1. The van der Waals surface area contributed by atoms with Crippen molar-refractivity contribution in [2.45, 2.75) is 0 Å². The van der Waals surface area contributed by atoms with Gasteiger partial charge in [0.2, 0.25) is 0 Å². The predicted molar refractivity (Wildman–Crippen MR) is 200 cm³/mol. The quantitative estimate of drug-likeness (QED) is 0.193. The van der Waals surface area contributed by atoms with Crippen LogP contribution in [-0.4, -0.2) is 9.13 Å². The Morgan fingerprint density at radius 2 is 0.860 bits per heavy atom. The number of para-hydroxylation sites is 4. The van der Waals surface area contributed by atoms with Crippen LogP contribution in [0.2, 0.25) is 0 Å². The van der Waals surface area contributed by atoms with Crippen molar-refractivity contribution in [2.24, 2.45) is 0 Å². The van der Waals surface area contributed by atoms with Gasteiger partial charge in [-0.05, 0) is 95.6 Å². The lowest BCUT2D eigenvalue weighted by Gasteiger charge is -2.16. The molecule has 0 aliphatic rings. The smallest absolute Gasteiger partial charge is 0.0992 e. The summed E-state index contributed by atoms with van der Waals surface area (Å²) in [6.07, 6.45) is 0. The predicted octanol–water partition coefficient (Wildman–Crippen LogP) is 10.8. The number of rotatable bonds is 4. The Labute approximate surface area is 287 Å². The molecule has 9 rings (SSSR count). The largest absolute Gasteiger partial charge is 0.309 e. The van der Waals surface area contributed by atoms with Crippen molar-refractivity contribution in [3.05, 3.63) is 168 Å². The normalized spacial score (nSPS) is 11.1. The first-order valence-corrected chi connectivity index (χ1v) is 16.3. The van der Waals surface area contributed by atoms with Crippen molar-refractivity contribution in [1.29, 1.82) is 15.8 Å². The van der Waals surface area contributed by atoms with Gasteiger partial charge in [-0.2, -0.15) is 15.8 Å². The molecule has 230 valence electrons. The summed E-state index contributed by atoms with van der Waals surface area (Å²) in [5.74, 6) is 0. The number of nitrogens with zero attached hydrogens (tertiary/aromatic N) is 5. The molecule has 2 aromatic heterocycles. The highest BCUT2D eigenvalue weighted by Gasteiger charge is 2.18. The fraction of sp³-hybridized carbons (Fsp3) is 0. The first-order valence-electron chi connectivity index (χ1n) is 16.3. The minimum absolute atomic E-state index is 0.522. The summed E-state index contributed by atoms with van der Waals surface area (Å²) in [7, 11) is 0. The summed E-state index contributed by atoms with van der Waals surface area (Å²) in [5.41, 5.74) is 11.2. The highest BCUT2D eigenvalue weighted by atomic mass is 15.0. The van der Waals surface area contributed by atoms with E-state index in [4.69, 9.17) is 0 Å². The minimum Gasteiger partial charge on any atom is -0.309 e. The molecule has 0 bridgehead atoms. The lowest BCUT2D eigenvalue weighted by Crippen LogP contribution is -1.98. The van der Waals surface area contributed by atoms with Crippen molar-refractivity contribution in [3.8, 4) is 51.8 Å². The molecule has 0 unspecified atom stereocenters. The van der Waals surface area contributed by atoms with Crippen LogP contribution in [0.5, 0.6) is 0 Å². The van der Waals surface area contributed by atoms with E-state index in [9.17, 15) is 15.8 Å². The fourth-order valence-corrected chi connectivity index (χ4v) is 7.40. The number of aromatic nitrogens is 2. The number of hydrogen-bond acceptors (Lipinski definition) is 3. The van der Waals surface area contributed by atoms with Crippen LogP contribution in [0.15, 0.2) is 152 Å². The van der Waals surface area contributed by atoms with Gasteiger partial charge >= 0.3 is 0 Å². The molecular formula is C45H25N5. The van der Waals surface area contributed by atoms with Gasteiger partial charge in [-0.1, -0.05) is 72.8 Å². The summed E-state index contributed by atoms with van der Waals surface area (Å²) < 4.78 is 4.44. The molecule has 0 fully saturated rings. The monoisotopic (exact) mass is 635 g/mol. The molecule has 0 atom stereocenters. The van der Waals surface area contributed by atoms with Crippen molar-refractivity contribution >= 4 is 43.6 Å². The van der Waals surface area contributed by atoms with Gasteiger partial charge in [-0.3, -0.25) is 0 Å². The molecule has 50 heavy (non-hydrogen) atoms. The van der Waals surface area contributed by atoms with Crippen molar-refractivity contribution in [1.82, 2.24) is 9.13 Å². The Balaban J connectivity index is 1.26. The van der Waals surface area contributed by atoms with Gasteiger partial charge in [0.25, 0.3) is 0 Å². The zero-order chi connectivity index (χ0) is 33.8. The Morgan fingerprint density at radius 1 is 0.360 bits per heavy atom. The molecule has 5 nitrogen and oxygen atoms in total. The third-order valence-corrected chi connectivity index (χ3v) is 9.54. The summed E-state index contributed by atoms with van der Waals surface area (Å²) >= 11 is 0. The van der Waals surface area contributed by atoms with E-state index in [1.165, 1.54) is 0 Å². The number of hydrogen-bond donors (Lipinski definition) is 0. The molecule has 2 heterocycles. The van der Waals surface area contributed by atoms with E-state index in [0.717, 1.165) is 77.2 Å². The van der Waals surface area contributed by atoms with Crippen LogP contribution < -0.4 is 0 Å². The number of fused-ring (bicyclic) bond motifs is 6. The summed E-state index contributed by atoms with van der Waals surface area (Å²) in [5, 5.41) is 34.5. The Morgan fingerprint density at radius 3 is 1.52 bits per heavy atom. The molecule has 0 spiro atoms. The topological polar surface area (TPSA) is 81.2 Å². The molecule has 0 aliphatic carbocycles. The number of benzene rings is 7. The average molecular weight is 636 g/mol. The summed E-state index contributed by atoms with van der Waals surface area (Å²) in [6, 6.07) is 57.7. The van der Waals surface area contributed by atoms with E-state index in [1.54, 1.807) is 0 Å². The van der Waals surface area contributed by atoms with Crippen LogP contribution >= 0.6 is 0 Å². The van der Waals surface area contributed by atoms with E-state index >= 15 is 0 Å². The second kappa shape index (κ2) is 11.4. The van der Waals surface area contributed by atoms with E-state index in [0.29, 0.717) is 16.7 Å². The molecule has 0 amide bonds. The maximum Gasteiger partial charge on any atom is 0.0992 e. The zero-order valence-electron chi connectivity index (χ0n) is 26.7. The van der Waals surface area contributed by atoms with Crippen molar-refractivity contribution in [3.63, 3.8) is 0 Å². The molecule has 0 radical (unpaired) electrons. The Kier molecular flexibility index (Phi) is 6.56. The standard InChI is InChI=1S/C45H25N5/c46-26-29-17-18-45-40(23-29)39-12-4-8-16-44(39)50(45)41-13-5-1-9-36(41)34-21-30(27-47)19-32(24-34)33-20-31(28-48)22-35(25-33)49-42-14-6-2-10-37(42)38-11-3-7-15-43(38)49/h1-25H. The number of nitriles is 3. The van der Waals surface area contributed by atoms with E-state index in [2.05, 4.69) is 88.0 Å². The molecule has 5 heteroatoms. The Hall–Kier alpha value is -7.39. The van der Waals surface area contributed by atoms with Crippen LogP contribution in [0.25, 0.3) is 77.2 Å². The maximum atomic E-state index is 10.3. The third-order valence-electron chi connectivity index (χ3n) is 9.54. The first kappa shape index (κ1) is 28.8. The molecule has 0 N–H and O–H groups in total. The molecule has 0 saturated carbocycles. The van der Waals surface area contributed by atoms with Crippen LogP contribution in [0, 0.1) is 34.0 Å². The maximum absolute atomic E-state index is 10.3. The van der Waals surface area contributed by atoms with Gasteiger partial charge in [-0.15, -0.1) is 0 Å². The van der Waals surface area contributed by atoms with Crippen LogP contribution in [0.1, 0.15) is 16.7 Å². The average Bonchev–Trinajstić information content (AvgIpc) is 3.70. The minimum atomic E-state index is 0.522.